The largest absolute Gasteiger partial charge is 0.490 e. The Kier molecular flexibility index (Phi) is 7.88. The van der Waals surface area contributed by atoms with E-state index < -0.39 is 6.09 Å². The second kappa shape index (κ2) is 10.4. The molecule has 2 aromatic rings. The van der Waals surface area contributed by atoms with Gasteiger partial charge in [-0.25, -0.2) is 4.79 Å². The molecule has 0 aliphatic heterocycles. The Morgan fingerprint density at radius 1 is 0.759 bits per heavy atom. The average Bonchev–Trinajstić information content (AvgIpc) is 2.69. The lowest BCUT2D eigenvalue weighted by Gasteiger charge is -2.26. The molecule has 0 atom stereocenters. The monoisotopic (exact) mass is 401 g/mol. The van der Waals surface area contributed by atoms with Crippen molar-refractivity contribution in [3.63, 3.8) is 0 Å². The topological polar surface area (TPSA) is 97.1 Å². The van der Waals surface area contributed by atoms with Crippen molar-refractivity contribution < 1.29 is 28.5 Å². The summed E-state index contributed by atoms with van der Waals surface area (Å²) < 4.78 is 20.6. The van der Waals surface area contributed by atoms with Crippen molar-refractivity contribution in [1.82, 2.24) is 0 Å². The molecule has 0 heterocycles. The summed E-state index contributed by atoms with van der Waals surface area (Å²) in [5.74, 6) is 1.09. The second-order valence-electron chi connectivity index (χ2n) is 6.88. The van der Waals surface area contributed by atoms with Crippen LogP contribution in [0.3, 0.4) is 0 Å². The Morgan fingerprint density at radius 3 is 1.55 bits per heavy atom. The van der Waals surface area contributed by atoms with Gasteiger partial charge < -0.3 is 24.7 Å². The molecule has 7 nitrogen and oxygen atoms in total. The molecule has 0 saturated heterocycles. The fourth-order valence-corrected chi connectivity index (χ4v) is 2.75. The Hall–Kier alpha value is -3.22. The minimum Gasteiger partial charge on any atom is -0.490 e. The average molecular weight is 401 g/mol. The maximum absolute atomic E-state index is 10.7. The van der Waals surface area contributed by atoms with Gasteiger partial charge in [-0.2, -0.15) is 0 Å². The lowest BCUT2D eigenvalue weighted by Crippen LogP contribution is -2.19. The van der Waals surface area contributed by atoms with Crippen LogP contribution < -0.4 is 15.2 Å². The number of rotatable bonds is 10. The molecule has 2 rings (SSSR count). The summed E-state index contributed by atoms with van der Waals surface area (Å²) in [6.07, 6.45) is -0.813. The number of ether oxygens (including phenoxy) is 4. The van der Waals surface area contributed by atoms with Crippen LogP contribution in [-0.2, 0) is 19.7 Å². The normalized spacial score (nSPS) is 10.9. The predicted molar refractivity (Wildman–Crippen MR) is 108 cm³/mol. The number of hydrogen-bond acceptors (Lipinski definition) is 6. The highest BCUT2D eigenvalue weighted by atomic mass is 16.6. The van der Waals surface area contributed by atoms with E-state index >= 15 is 0 Å². The maximum Gasteiger partial charge on any atom is 0.404 e. The van der Waals surface area contributed by atoms with Crippen molar-refractivity contribution in [1.29, 1.82) is 0 Å². The molecular weight excluding hydrogens is 374 g/mol. The van der Waals surface area contributed by atoms with Crippen LogP contribution in [0.25, 0.3) is 0 Å². The van der Waals surface area contributed by atoms with E-state index in [4.69, 9.17) is 19.9 Å². The number of primary amides is 1. The Morgan fingerprint density at radius 2 is 1.17 bits per heavy atom. The molecule has 7 heteroatoms. The first kappa shape index (κ1) is 22.1. The molecule has 0 unspecified atom stereocenters. The highest BCUT2D eigenvalue weighted by Crippen LogP contribution is 2.33. The van der Waals surface area contributed by atoms with Crippen LogP contribution in [0.5, 0.6) is 11.5 Å². The number of hydrogen-bond donors (Lipinski definition) is 1. The van der Waals surface area contributed by atoms with Crippen molar-refractivity contribution in [2.75, 3.05) is 26.4 Å². The van der Waals surface area contributed by atoms with E-state index in [1.54, 1.807) is 0 Å². The van der Waals surface area contributed by atoms with Gasteiger partial charge in [-0.05, 0) is 35.4 Å². The highest BCUT2D eigenvalue weighted by Gasteiger charge is 2.23. The lowest BCUT2D eigenvalue weighted by atomic mass is 9.78. The van der Waals surface area contributed by atoms with Crippen molar-refractivity contribution >= 4 is 12.1 Å². The van der Waals surface area contributed by atoms with Crippen molar-refractivity contribution in [2.45, 2.75) is 26.2 Å². The summed E-state index contributed by atoms with van der Waals surface area (Å²) in [4.78, 5) is 21.3. The van der Waals surface area contributed by atoms with Crippen LogP contribution in [0.15, 0.2) is 48.5 Å². The minimum absolute atomic E-state index is 0.109. The summed E-state index contributed by atoms with van der Waals surface area (Å²) in [7, 11) is 0. The molecule has 156 valence electrons. The van der Waals surface area contributed by atoms with Gasteiger partial charge in [0.1, 0.15) is 37.9 Å². The van der Waals surface area contributed by atoms with Crippen LogP contribution >= 0.6 is 0 Å². The van der Waals surface area contributed by atoms with E-state index in [1.807, 2.05) is 48.5 Å². The zero-order valence-electron chi connectivity index (χ0n) is 17.0. The van der Waals surface area contributed by atoms with Gasteiger partial charge in [0.05, 0.1) is 0 Å². The summed E-state index contributed by atoms with van der Waals surface area (Å²) in [5, 5.41) is 0. The summed E-state index contributed by atoms with van der Waals surface area (Å²) in [6, 6.07) is 15.6. The highest BCUT2D eigenvalue weighted by molar-refractivity contribution is 5.65. The molecule has 0 bridgehead atoms. The first-order valence-corrected chi connectivity index (χ1v) is 9.31. The third kappa shape index (κ3) is 7.03. The Bertz CT molecular complexity index is 732. The second-order valence-corrected chi connectivity index (χ2v) is 6.88. The standard InChI is InChI=1S/C22H27NO6/c1-16(24)26-12-13-27-19-8-4-17(5-9-19)22(2,3)18-6-10-20(11-7-18)28-14-15-29-21(23)25/h4-11H,12-15H2,1-3H3,(H2,23,25). The lowest BCUT2D eigenvalue weighted by molar-refractivity contribution is -0.141. The van der Waals surface area contributed by atoms with E-state index in [1.165, 1.54) is 6.92 Å². The van der Waals surface area contributed by atoms with Crippen LogP contribution in [0.2, 0.25) is 0 Å². The first-order chi connectivity index (χ1) is 13.8. The molecule has 0 aliphatic carbocycles. The zero-order valence-corrected chi connectivity index (χ0v) is 17.0. The molecule has 0 aliphatic rings. The zero-order chi connectivity index (χ0) is 21.3. The quantitative estimate of drug-likeness (QED) is 0.484. The molecule has 0 spiro atoms. The number of esters is 1. The molecule has 2 aromatic carbocycles. The van der Waals surface area contributed by atoms with Crippen molar-refractivity contribution in [2.24, 2.45) is 5.73 Å². The fraction of sp³-hybridized carbons (Fsp3) is 0.364. The smallest absolute Gasteiger partial charge is 0.404 e. The van der Waals surface area contributed by atoms with Gasteiger partial charge in [-0.15, -0.1) is 0 Å². The summed E-state index contributed by atoms with van der Waals surface area (Å²) >= 11 is 0. The number of carbonyl (C=O) groups excluding carboxylic acids is 2. The summed E-state index contributed by atoms with van der Waals surface area (Å²) in [5.41, 5.74) is 6.94. The van der Waals surface area contributed by atoms with Crippen molar-refractivity contribution in [3.05, 3.63) is 59.7 Å². The van der Waals surface area contributed by atoms with Crippen molar-refractivity contribution in [3.8, 4) is 11.5 Å². The van der Waals surface area contributed by atoms with Gasteiger partial charge in [0.2, 0.25) is 0 Å². The molecule has 1 amide bonds. The van der Waals surface area contributed by atoms with Gasteiger partial charge in [0.15, 0.2) is 0 Å². The van der Waals surface area contributed by atoms with Crippen LogP contribution in [-0.4, -0.2) is 38.5 Å². The summed E-state index contributed by atoms with van der Waals surface area (Å²) in [6.45, 7) is 6.54. The molecule has 2 N–H and O–H groups in total. The third-order valence-corrected chi connectivity index (χ3v) is 4.41. The van der Waals surface area contributed by atoms with E-state index in [9.17, 15) is 9.59 Å². The fourth-order valence-electron chi connectivity index (χ4n) is 2.75. The van der Waals surface area contributed by atoms with E-state index in [2.05, 4.69) is 18.6 Å². The molecule has 0 saturated carbocycles. The molecule has 0 radical (unpaired) electrons. The van der Waals surface area contributed by atoms with Gasteiger partial charge in [-0.1, -0.05) is 38.1 Å². The van der Waals surface area contributed by atoms with Gasteiger partial charge >= 0.3 is 12.1 Å². The van der Waals surface area contributed by atoms with Gasteiger partial charge in [0, 0.05) is 12.3 Å². The van der Waals surface area contributed by atoms with Crippen LogP contribution in [0, 0.1) is 0 Å². The molecule has 29 heavy (non-hydrogen) atoms. The predicted octanol–water partition coefficient (Wildman–Crippen LogP) is 3.43. The SMILES string of the molecule is CC(=O)OCCOc1ccc(C(C)(C)c2ccc(OCCOC(N)=O)cc2)cc1. The maximum atomic E-state index is 10.7. The Balaban J connectivity index is 1.93. The molecule has 0 fully saturated rings. The number of carbonyl (C=O) groups is 2. The van der Waals surface area contributed by atoms with E-state index in [-0.39, 0.29) is 31.2 Å². The number of benzene rings is 2. The third-order valence-electron chi connectivity index (χ3n) is 4.41. The van der Waals surface area contributed by atoms with E-state index in [0.29, 0.717) is 12.4 Å². The minimum atomic E-state index is -0.813. The van der Waals surface area contributed by atoms with Crippen LogP contribution in [0.4, 0.5) is 4.79 Å². The Labute approximate surface area is 170 Å². The van der Waals surface area contributed by atoms with Crippen LogP contribution in [0.1, 0.15) is 31.9 Å². The van der Waals surface area contributed by atoms with Gasteiger partial charge in [-0.3, -0.25) is 4.79 Å². The molecular formula is C22H27NO6. The van der Waals surface area contributed by atoms with Gasteiger partial charge in [0.25, 0.3) is 0 Å². The number of nitrogens with two attached hydrogens (primary N) is 1. The molecule has 0 aromatic heterocycles. The van der Waals surface area contributed by atoms with E-state index in [0.717, 1.165) is 16.9 Å². The first-order valence-electron chi connectivity index (χ1n) is 9.31. The number of amides is 1.